The lowest BCUT2D eigenvalue weighted by molar-refractivity contribution is -0.129. The Balaban J connectivity index is 1.73. The van der Waals surface area contributed by atoms with E-state index in [1.165, 1.54) is 0 Å². The lowest BCUT2D eigenvalue weighted by Gasteiger charge is -2.21. The molecule has 1 aliphatic rings. The minimum Gasteiger partial charge on any atom is -0.381 e. The van der Waals surface area contributed by atoms with Crippen LogP contribution in [0.25, 0.3) is 5.69 Å². The van der Waals surface area contributed by atoms with Gasteiger partial charge >= 0.3 is 0 Å². The van der Waals surface area contributed by atoms with Crippen molar-refractivity contribution in [1.82, 2.24) is 14.9 Å². The fraction of sp³-hybridized carbons (Fsp3) is 0.375. The van der Waals surface area contributed by atoms with E-state index in [4.69, 9.17) is 16.3 Å². The molecule has 1 saturated heterocycles. The Morgan fingerprint density at radius 3 is 3.14 bits per heavy atom. The first-order valence-electron chi connectivity index (χ1n) is 7.37. The second-order valence-corrected chi connectivity index (χ2v) is 5.75. The molecule has 1 aromatic carbocycles. The summed E-state index contributed by atoms with van der Waals surface area (Å²) in [5.74, 6) is -0.0378. The van der Waals surface area contributed by atoms with Crippen LogP contribution in [0.3, 0.4) is 0 Å². The molecule has 5 nitrogen and oxygen atoms in total. The van der Waals surface area contributed by atoms with E-state index < -0.39 is 0 Å². The Bertz CT molecular complexity index is 637. The first-order chi connectivity index (χ1) is 10.8. The highest BCUT2D eigenvalue weighted by atomic mass is 35.5. The van der Waals surface area contributed by atoms with Crippen molar-refractivity contribution in [3.63, 3.8) is 0 Å². The molecular formula is C16H18ClN3O2. The number of carbonyl (C=O) groups is 1. The summed E-state index contributed by atoms with van der Waals surface area (Å²) in [7, 11) is 0. The number of nitrogens with zero attached hydrogens (tertiary/aromatic N) is 2. The van der Waals surface area contributed by atoms with Crippen LogP contribution >= 0.6 is 11.6 Å². The van der Waals surface area contributed by atoms with E-state index in [9.17, 15) is 4.79 Å². The summed E-state index contributed by atoms with van der Waals surface area (Å²) in [4.78, 5) is 16.3. The maximum Gasteiger partial charge on any atom is 0.225 e. The van der Waals surface area contributed by atoms with E-state index in [1.54, 1.807) is 12.5 Å². The number of nitrogens with one attached hydrogen (secondary N) is 1. The zero-order valence-electron chi connectivity index (χ0n) is 12.2. The zero-order valence-corrected chi connectivity index (χ0v) is 12.9. The number of amides is 1. The first kappa shape index (κ1) is 15.1. The maximum atomic E-state index is 12.2. The minimum atomic E-state index is -0.0621. The first-order valence-corrected chi connectivity index (χ1v) is 7.74. The van der Waals surface area contributed by atoms with Gasteiger partial charge in [0.2, 0.25) is 5.91 Å². The number of hydrogen-bond donors (Lipinski definition) is 1. The summed E-state index contributed by atoms with van der Waals surface area (Å²) >= 11 is 6.31. The van der Waals surface area contributed by atoms with E-state index in [0.717, 1.165) is 30.7 Å². The van der Waals surface area contributed by atoms with Gasteiger partial charge in [-0.2, -0.15) is 0 Å². The second kappa shape index (κ2) is 6.94. The van der Waals surface area contributed by atoms with E-state index in [1.807, 2.05) is 29.0 Å². The van der Waals surface area contributed by atoms with Crippen LogP contribution in [-0.2, 0) is 16.1 Å². The van der Waals surface area contributed by atoms with Crippen molar-refractivity contribution in [2.24, 2.45) is 5.92 Å². The fourth-order valence-corrected chi connectivity index (χ4v) is 2.87. The summed E-state index contributed by atoms with van der Waals surface area (Å²) in [6.45, 7) is 1.64. The molecule has 0 aliphatic carbocycles. The van der Waals surface area contributed by atoms with Crippen molar-refractivity contribution >= 4 is 17.5 Å². The largest absolute Gasteiger partial charge is 0.381 e. The molecule has 0 unspecified atom stereocenters. The molecule has 1 aliphatic heterocycles. The van der Waals surface area contributed by atoms with Crippen LogP contribution in [0.15, 0.2) is 36.9 Å². The molecule has 116 valence electrons. The van der Waals surface area contributed by atoms with Gasteiger partial charge in [0, 0.05) is 36.1 Å². The number of halogens is 1. The van der Waals surface area contributed by atoms with E-state index in [0.29, 0.717) is 18.2 Å². The summed E-state index contributed by atoms with van der Waals surface area (Å²) in [5, 5.41) is 3.61. The van der Waals surface area contributed by atoms with Gasteiger partial charge in [-0.25, -0.2) is 4.98 Å². The van der Waals surface area contributed by atoms with Crippen LogP contribution in [-0.4, -0.2) is 28.7 Å². The molecule has 3 rings (SSSR count). The molecule has 6 heteroatoms. The third-order valence-corrected chi connectivity index (χ3v) is 4.20. The smallest absolute Gasteiger partial charge is 0.225 e. The van der Waals surface area contributed by atoms with Gasteiger partial charge in [-0.05, 0) is 25.0 Å². The molecule has 1 N–H and O–H groups in total. The SMILES string of the molecule is O=C(NCc1c(Cl)cccc1-n1ccnc1)[C@@H]1CCCOC1. The Labute approximate surface area is 134 Å². The van der Waals surface area contributed by atoms with Gasteiger partial charge in [0.25, 0.3) is 0 Å². The summed E-state index contributed by atoms with van der Waals surface area (Å²) in [6, 6.07) is 5.67. The minimum absolute atomic E-state index is 0.0243. The molecule has 22 heavy (non-hydrogen) atoms. The monoisotopic (exact) mass is 319 g/mol. The Hall–Kier alpha value is -1.85. The van der Waals surface area contributed by atoms with Gasteiger partial charge in [-0.15, -0.1) is 0 Å². The third kappa shape index (κ3) is 3.31. The third-order valence-electron chi connectivity index (χ3n) is 3.85. The fourth-order valence-electron chi connectivity index (χ4n) is 2.63. The van der Waals surface area contributed by atoms with Gasteiger partial charge in [0.1, 0.15) is 0 Å². The average molecular weight is 320 g/mol. The zero-order chi connectivity index (χ0) is 15.4. The Kier molecular flexibility index (Phi) is 4.75. The van der Waals surface area contributed by atoms with Crippen molar-refractivity contribution in [2.45, 2.75) is 19.4 Å². The quantitative estimate of drug-likeness (QED) is 0.942. The van der Waals surface area contributed by atoms with Crippen molar-refractivity contribution in [3.8, 4) is 5.69 Å². The lowest BCUT2D eigenvalue weighted by Crippen LogP contribution is -2.35. The molecule has 0 spiro atoms. The maximum absolute atomic E-state index is 12.2. The molecule has 0 bridgehead atoms. The van der Waals surface area contributed by atoms with Crippen LogP contribution in [0, 0.1) is 5.92 Å². The molecule has 0 radical (unpaired) electrons. The molecule has 0 saturated carbocycles. The molecule has 1 fully saturated rings. The summed E-state index contributed by atoms with van der Waals surface area (Å²) < 4.78 is 7.25. The average Bonchev–Trinajstić information content (AvgIpc) is 3.08. The normalized spacial score (nSPS) is 18.1. The Morgan fingerprint density at radius 1 is 1.50 bits per heavy atom. The van der Waals surface area contributed by atoms with Gasteiger partial charge in [-0.3, -0.25) is 4.79 Å². The van der Waals surface area contributed by atoms with E-state index in [2.05, 4.69) is 10.3 Å². The van der Waals surface area contributed by atoms with Gasteiger partial charge in [-0.1, -0.05) is 17.7 Å². The number of rotatable bonds is 4. The van der Waals surface area contributed by atoms with E-state index in [-0.39, 0.29) is 11.8 Å². The Morgan fingerprint density at radius 2 is 2.41 bits per heavy atom. The van der Waals surface area contributed by atoms with Crippen molar-refractivity contribution in [2.75, 3.05) is 13.2 Å². The van der Waals surface area contributed by atoms with Gasteiger partial charge in [0.05, 0.1) is 24.5 Å². The summed E-state index contributed by atoms with van der Waals surface area (Å²) in [5.41, 5.74) is 1.80. The predicted octanol–water partition coefficient (Wildman–Crippen LogP) is 2.57. The number of ether oxygens (including phenoxy) is 1. The van der Waals surface area contributed by atoms with Crippen LogP contribution < -0.4 is 5.32 Å². The molecule has 1 aromatic heterocycles. The molecule has 2 heterocycles. The van der Waals surface area contributed by atoms with Crippen molar-refractivity contribution in [1.29, 1.82) is 0 Å². The number of carbonyl (C=O) groups excluding carboxylic acids is 1. The number of hydrogen-bond acceptors (Lipinski definition) is 3. The topological polar surface area (TPSA) is 56.2 Å². The molecule has 2 aromatic rings. The molecule has 1 atom stereocenters. The standard InChI is InChI=1S/C16H18ClN3O2/c17-14-4-1-5-15(20-7-6-18-11-20)13(14)9-19-16(21)12-3-2-8-22-10-12/h1,4-7,11-12H,2-3,8-10H2,(H,19,21)/t12-/m1/s1. The lowest BCUT2D eigenvalue weighted by atomic mass is 10.0. The highest BCUT2D eigenvalue weighted by molar-refractivity contribution is 6.31. The number of benzene rings is 1. The van der Waals surface area contributed by atoms with Crippen LogP contribution in [0.1, 0.15) is 18.4 Å². The number of imidazole rings is 1. The van der Waals surface area contributed by atoms with Crippen molar-refractivity contribution < 1.29 is 9.53 Å². The highest BCUT2D eigenvalue weighted by Crippen LogP contribution is 2.23. The predicted molar refractivity (Wildman–Crippen MR) is 84.0 cm³/mol. The van der Waals surface area contributed by atoms with Gasteiger partial charge < -0.3 is 14.6 Å². The van der Waals surface area contributed by atoms with Crippen LogP contribution in [0.4, 0.5) is 0 Å². The molecule has 1 amide bonds. The van der Waals surface area contributed by atoms with Gasteiger partial charge in [0.15, 0.2) is 0 Å². The molecular weight excluding hydrogens is 302 g/mol. The summed E-state index contributed by atoms with van der Waals surface area (Å²) in [6.07, 6.45) is 7.09. The van der Waals surface area contributed by atoms with E-state index >= 15 is 0 Å². The van der Waals surface area contributed by atoms with Crippen molar-refractivity contribution in [3.05, 3.63) is 47.5 Å². The highest BCUT2D eigenvalue weighted by Gasteiger charge is 2.22. The number of aromatic nitrogens is 2. The second-order valence-electron chi connectivity index (χ2n) is 5.34. The van der Waals surface area contributed by atoms with Crippen LogP contribution in [0.5, 0.6) is 0 Å². The van der Waals surface area contributed by atoms with Crippen LogP contribution in [0.2, 0.25) is 5.02 Å².